The quantitative estimate of drug-likeness (QED) is 0.854. The first kappa shape index (κ1) is 13.8. The lowest BCUT2D eigenvalue weighted by Crippen LogP contribution is -2.24. The minimum Gasteiger partial charge on any atom is -0.469 e. The van der Waals surface area contributed by atoms with E-state index in [0.717, 1.165) is 23.9 Å². The Morgan fingerprint density at radius 2 is 2.24 bits per heavy atom. The number of nitrogens with zero attached hydrogens (tertiary/aromatic N) is 3. The molecular weight excluding hydrogens is 268 g/mol. The number of hydrogen-bond acceptors (Lipinski definition) is 6. The normalized spacial score (nSPS) is 19.0. The molecule has 1 aliphatic heterocycles. The maximum Gasteiger partial charge on any atom is 0.310 e. The molecular formula is C15H18N4O2. The molecule has 1 aliphatic rings. The van der Waals surface area contributed by atoms with Gasteiger partial charge in [0.25, 0.3) is 0 Å². The highest BCUT2D eigenvalue weighted by Crippen LogP contribution is 2.21. The zero-order chi connectivity index (χ0) is 14.8. The van der Waals surface area contributed by atoms with Crippen LogP contribution in [0.15, 0.2) is 24.3 Å². The molecule has 0 bridgehead atoms. The van der Waals surface area contributed by atoms with Crippen LogP contribution in [0.4, 0.5) is 5.82 Å². The predicted molar refractivity (Wildman–Crippen MR) is 79.4 cm³/mol. The van der Waals surface area contributed by atoms with Crippen LogP contribution in [0.3, 0.4) is 0 Å². The number of likely N-dealkylation sites (tertiary alicyclic amines) is 1. The Morgan fingerprint density at radius 1 is 1.43 bits per heavy atom. The van der Waals surface area contributed by atoms with Crippen molar-refractivity contribution < 1.29 is 9.53 Å². The molecule has 0 amide bonds. The lowest BCUT2D eigenvalue weighted by atomic mass is 10.1. The van der Waals surface area contributed by atoms with Crippen LogP contribution >= 0.6 is 0 Å². The van der Waals surface area contributed by atoms with E-state index in [9.17, 15) is 4.79 Å². The van der Waals surface area contributed by atoms with E-state index in [4.69, 9.17) is 10.5 Å². The molecule has 0 spiro atoms. The van der Waals surface area contributed by atoms with Gasteiger partial charge in [0.15, 0.2) is 0 Å². The van der Waals surface area contributed by atoms with E-state index >= 15 is 0 Å². The third-order valence-electron chi connectivity index (χ3n) is 3.85. The van der Waals surface area contributed by atoms with E-state index in [0.29, 0.717) is 24.7 Å². The summed E-state index contributed by atoms with van der Waals surface area (Å²) in [5, 5.41) is 0.870. The van der Waals surface area contributed by atoms with Crippen LogP contribution in [-0.4, -0.2) is 41.0 Å². The Labute approximate surface area is 122 Å². The Hall–Kier alpha value is -2.21. The highest BCUT2D eigenvalue weighted by molar-refractivity contribution is 5.87. The summed E-state index contributed by atoms with van der Waals surface area (Å²) in [7, 11) is 1.43. The molecule has 1 saturated heterocycles. The molecule has 6 heteroatoms. The van der Waals surface area contributed by atoms with Gasteiger partial charge in [-0.3, -0.25) is 9.69 Å². The number of aromatic nitrogens is 2. The number of benzene rings is 1. The second kappa shape index (κ2) is 5.65. The summed E-state index contributed by atoms with van der Waals surface area (Å²) in [6.45, 7) is 2.13. The standard InChI is InChI=1S/C15H18N4O2/c1-21-15(20)10-6-7-19(8-10)9-13-17-12-5-3-2-4-11(12)14(16)18-13/h2-5,10H,6-9H2,1H3,(H2,16,17,18). The van der Waals surface area contributed by atoms with Gasteiger partial charge in [-0.25, -0.2) is 9.97 Å². The number of nitrogen functional groups attached to an aromatic ring is 1. The second-order valence-electron chi connectivity index (χ2n) is 5.29. The van der Waals surface area contributed by atoms with Crippen LogP contribution in [0.5, 0.6) is 0 Å². The van der Waals surface area contributed by atoms with Crippen LogP contribution in [0.25, 0.3) is 10.9 Å². The average molecular weight is 286 g/mol. The Kier molecular flexibility index (Phi) is 3.70. The summed E-state index contributed by atoms with van der Waals surface area (Å²) in [4.78, 5) is 22.6. The summed E-state index contributed by atoms with van der Waals surface area (Å²) in [5.74, 6) is 1.00. The van der Waals surface area contributed by atoms with Gasteiger partial charge in [-0.1, -0.05) is 12.1 Å². The Morgan fingerprint density at radius 3 is 3.05 bits per heavy atom. The van der Waals surface area contributed by atoms with Gasteiger partial charge in [-0.2, -0.15) is 0 Å². The second-order valence-corrected chi connectivity index (χ2v) is 5.29. The molecule has 6 nitrogen and oxygen atoms in total. The number of methoxy groups -OCH3 is 1. The molecule has 2 heterocycles. The fraction of sp³-hybridized carbons (Fsp3) is 0.400. The molecule has 1 unspecified atom stereocenters. The topological polar surface area (TPSA) is 81.3 Å². The number of esters is 1. The van der Waals surface area contributed by atoms with Gasteiger partial charge >= 0.3 is 5.97 Å². The van der Waals surface area contributed by atoms with Crippen molar-refractivity contribution in [3.8, 4) is 0 Å². The maximum absolute atomic E-state index is 11.5. The molecule has 0 saturated carbocycles. The zero-order valence-corrected chi connectivity index (χ0v) is 12.0. The van der Waals surface area contributed by atoms with Crippen LogP contribution in [0, 0.1) is 5.92 Å². The molecule has 1 fully saturated rings. The molecule has 1 atom stereocenters. The van der Waals surface area contributed by atoms with Crippen LogP contribution < -0.4 is 5.73 Å². The average Bonchev–Trinajstić information content (AvgIpc) is 2.95. The maximum atomic E-state index is 11.5. The molecule has 1 aromatic heterocycles. The lowest BCUT2D eigenvalue weighted by molar-refractivity contribution is -0.144. The van der Waals surface area contributed by atoms with Gasteiger partial charge in [0.2, 0.25) is 0 Å². The third kappa shape index (κ3) is 2.80. The van der Waals surface area contributed by atoms with Crippen molar-refractivity contribution in [3.05, 3.63) is 30.1 Å². The fourth-order valence-electron chi connectivity index (χ4n) is 2.76. The molecule has 2 aromatic rings. The van der Waals surface area contributed by atoms with Gasteiger partial charge < -0.3 is 10.5 Å². The predicted octanol–water partition coefficient (Wildman–Crippen LogP) is 1.21. The fourth-order valence-corrected chi connectivity index (χ4v) is 2.76. The molecule has 1 aromatic carbocycles. The number of carbonyl (C=O) groups excluding carboxylic acids is 1. The van der Waals surface area contributed by atoms with Gasteiger partial charge in [-0.15, -0.1) is 0 Å². The van der Waals surface area contributed by atoms with Crippen molar-refractivity contribution in [1.82, 2.24) is 14.9 Å². The van der Waals surface area contributed by atoms with E-state index in [1.165, 1.54) is 7.11 Å². The largest absolute Gasteiger partial charge is 0.469 e. The number of carbonyl (C=O) groups is 1. The number of nitrogens with two attached hydrogens (primary N) is 1. The van der Waals surface area contributed by atoms with E-state index in [2.05, 4.69) is 14.9 Å². The van der Waals surface area contributed by atoms with Crippen molar-refractivity contribution in [2.24, 2.45) is 5.92 Å². The van der Waals surface area contributed by atoms with Crippen molar-refractivity contribution in [2.45, 2.75) is 13.0 Å². The van der Waals surface area contributed by atoms with E-state index in [-0.39, 0.29) is 11.9 Å². The number of rotatable bonds is 3. The van der Waals surface area contributed by atoms with E-state index in [1.54, 1.807) is 0 Å². The first-order chi connectivity index (χ1) is 10.2. The lowest BCUT2D eigenvalue weighted by Gasteiger charge is -2.15. The highest BCUT2D eigenvalue weighted by Gasteiger charge is 2.29. The molecule has 21 heavy (non-hydrogen) atoms. The van der Waals surface area contributed by atoms with Crippen molar-refractivity contribution in [1.29, 1.82) is 0 Å². The molecule has 2 N–H and O–H groups in total. The van der Waals surface area contributed by atoms with Gasteiger partial charge in [0, 0.05) is 11.9 Å². The highest BCUT2D eigenvalue weighted by atomic mass is 16.5. The van der Waals surface area contributed by atoms with Crippen LogP contribution in [0.1, 0.15) is 12.2 Å². The first-order valence-electron chi connectivity index (χ1n) is 6.98. The molecule has 110 valence electrons. The summed E-state index contributed by atoms with van der Waals surface area (Å²) >= 11 is 0. The minimum atomic E-state index is -0.142. The summed E-state index contributed by atoms with van der Waals surface area (Å²) in [6.07, 6.45) is 0.815. The number of fused-ring (bicyclic) bond motifs is 1. The SMILES string of the molecule is COC(=O)C1CCN(Cc2nc(N)c3ccccc3n2)C1. The van der Waals surface area contributed by atoms with Crippen LogP contribution in [-0.2, 0) is 16.1 Å². The number of para-hydroxylation sites is 1. The number of hydrogen-bond donors (Lipinski definition) is 1. The van der Waals surface area contributed by atoms with Gasteiger partial charge in [0.1, 0.15) is 11.6 Å². The summed E-state index contributed by atoms with van der Waals surface area (Å²) in [5.41, 5.74) is 6.84. The smallest absolute Gasteiger partial charge is 0.310 e. The first-order valence-corrected chi connectivity index (χ1v) is 6.98. The number of anilines is 1. The Balaban J connectivity index is 1.75. The minimum absolute atomic E-state index is 0.0483. The summed E-state index contributed by atoms with van der Waals surface area (Å²) in [6, 6.07) is 7.69. The monoisotopic (exact) mass is 286 g/mol. The third-order valence-corrected chi connectivity index (χ3v) is 3.85. The van der Waals surface area contributed by atoms with E-state index in [1.807, 2.05) is 24.3 Å². The van der Waals surface area contributed by atoms with Crippen molar-refractivity contribution >= 4 is 22.7 Å². The molecule has 0 radical (unpaired) electrons. The zero-order valence-electron chi connectivity index (χ0n) is 12.0. The van der Waals surface area contributed by atoms with E-state index < -0.39 is 0 Å². The molecule has 3 rings (SSSR count). The van der Waals surface area contributed by atoms with Crippen LogP contribution in [0.2, 0.25) is 0 Å². The number of ether oxygens (including phenoxy) is 1. The van der Waals surface area contributed by atoms with Gasteiger partial charge in [-0.05, 0) is 25.1 Å². The summed E-state index contributed by atoms with van der Waals surface area (Å²) < 4.78 is 4.79. The Bertz CT molecular complexity index is 674. The van der Waals surface area contributed by atoms with Gasteiger partial charge in [0.05, 0.1) is 25.1 Å². The van der Waals surface area contributed by atoms with Crippen molar-refractivity contribution in [2.75, 3.05) is 25.9 Å². The van der Waals surface area contributed by atoms with Crippen molar-refractivity contribution in [3.63, 3.8) is 0 Å². The molecule has 0 aliphatic carbocycles.